The number of carbonyl (C=O) groups excluding carboxylic acids is 1. The molecule has 0 fully saturated rings. The van der Waals surface area contributed by atoms with E-state index in [1.54, 1.807) is 17.5 Å². The summed E-state index contributed by atoms with van der Waals surface area (Å²) in [5.74, 6) is -0.653. The van der Waals surface area contributed by atoms with Crippen molar-refractivity contribution in [1.29, 1.82) is 0 Å². The quantitative estimate of drug-likeness (QED) is 0.799. The van der Waals surface area contributed by atoms with Crippen molar-refractivity contribution in [2.45, 2.75) is 19.9 Å². The summed E-state index contributed by atoms with van der Waals surface area (Å²) in [7, 11) is 0. The van der Waals surface area contributed by atoms with Crippen LogP contribution in [0.25, 0.3) is 0 Å². The van der Waals surface area contributed by atoms with Gasteiger partial charge in [0.25, 0.3) is 5.91 Å². The van der Waals surface area contributed by atoms with Crippen molar-refractivity contribution in [3.8, 4) is 11.5 Å². The molecule has 0 atom stereocenters. The summed E-state index contributed by atoms with van der Waals surface area (Å²) in [6.07, 6.45) is 2.72. The van der Waals surface area contributed by atoms with Gasteiger partial charge in [0.1, 0.15) is 16.5 Å². The van der Waals surface area contributed by atoms with Crippen LogP contribution in [0.15, 0.2) is 24.4 Å². The topological polar surface area (TPSA) is 82.5 Å². The summed E-state index contributed by atoms with van der Waals surface area (Å²) < 4.78 is 0. The molecule has 2 rings (SSSR count). The van der Waals surface area contributed by atoms with Crippen LogP contribution in [-0.2, 0) is 13.0 Å². The predicted octanol–water partition coefficient (Wildman–Crippen LogP) is 2.05. The average molecular weight is 278 g/mol. The summed E-state index contributed by atoms with van der Waals surface area (Å²) in [5, 5.41) is 22.1. The zero-order chi connectivity index (χ0) is 13.8. The molecule has 0 aliphatic rings. The van der Waals surface area contributed by atoms with Gasteiger partial charge < -0.3 is 15.5 Å². The van der Waals surface area contributed by atoms with Crippen LogP contribution in [-0.4, -0.2) is 21.1 Å². The Morgan fingerprint density at radius 2 is 2.00 bits per heavy atom. The SMILES string of the molecule is CCc1cnc(CNC(=O)c2cc(O)cc(O)c2)s1. The van der Waals surface area contributed by atoms with Crippen LogP contribution in [0.5, 0.6) is 11.5 Å². The van der Waals surface area contributed by atoms with Gasteiger partial charge in [0.2, 0.25) is 0 Å². The molecule has 6 heteroatoms. The second-order valence-electron chi connectivity index (χ2n) is 3.99. The third-order valence-corrected chi connectivity index (χ3v) is 3.66. The van der Waals surface area contributed by atoms with Gasteiger partial charge in [-0.1, -0.05) is 6.92 Å². The highest BCUT2D eigenvalue weighted by molar-refractivity contribution is 7.11. The van der Waals surface area contributed by atoms with E-state index >= 15 is 0 Å². The number of phenols is 2. The number of rotatable bonds is 4. The molecule has 0 unspecified atom stereocenters. The van der Waals surface area contributed by atoms with E-state index in [1.165, 1.54) is 23.1 Å². The molecule has 3 N–H and O–H groups in total. The van der Waals surface area contributed by atoms with Crippen molar-refractivity contribution < 1.29 is 15.0 Å². The van der Waals surface area contributed by atoms with Gasteiger partial charge in [0.05, 0.1) is 6.54 Å². The molecule has 0 saturated heterocycles. The molecule has 5 nitrogen and oxygen atoms in total. The van der Waals surface area contributed by atoms with Crippen molar-refractivity contribution in [1.82, 2.24) is 10.3 Å². The smallest absolute Gasteiger partial charge is 0.251 e. The van der Waals surface area contributed by atoms with E-state index < -0.39 is 0 Å². The molecular formula is C13H14N2O3S. The second kappa shape index (κ2) is 5.71. The van der Waals surface area contributed by atoms with Gasteiger partial charge in [-0.15, -0.1) is 11.3 Å². The molecule has 1 aromatic carbocycles. The predicted molar refractivity (Wildman–Crippen MR) is 72.4 cm³/mol. The number of aromatic hydroxyl groups is 2. The van der Waals surface area contributed by atoms with Crippen LogP contribution in [0.1, 0.15) is 27.2 Å². The highest BCUT2D eigenvalue weighted by Gasteiger charge is 2.09. The highest BCUT2D eigenvalue weighted by Crippen LogP contribution is 2.20. The number of hydrogen-bond donors (Lipinski definition) is 3. The Labute approximate surface area is 114 Å². The number of amides is 1. The maximum absolute atomic E-state index is 11.8. The first kappa shape index (κ1) is 13.4. The highest BCUT2D eigenvalue weighted by atomic mass is 32.1. The van der Waals surface area contributed by atoms with Gasteiger partial charge in [-0.25, -0.2) is 4.98 Å². The van der Waals surface area contributed by atoms with Gasteiger partial charge >= 0.3 is 0 Å². The van der Waals surface area contributed by atoms with Crippen molar-refractivity contribution in [3.05, 3.63) is 39.8 Å². The first-order valence-electron chi connectivity index (χ1n) is 5.83. The number of phenolic OH excluding ortho intramolecular Hbond substituents is 2. The number of nitrogens with one attached hydrogen (secondary N) is 1. The molecule has 0 bridgehead atoms. The van der Waals surface area contributed by atoms with Crippen LogP contribution in [0.3, 0.4) is 0 Å². The Balaban J connectivity index is 2.00. The lowest BCUT2D eigenvalue weighted by Crippen LogP contribution is -2.22. The van der Waals surface area contributed by atoms with Gasteiger partial charge in [0.15, 0.2) is 0 Å². The maximum Gasteiger partial charge on any atom is 0.251 e. The second-order valence-corrected chi connectivity index (χ2v) is 5.19. The van der Waals surface area contributed by atoms with E-state index in [1.807, 2.05) is 6.92 Å². The van der Waals surface area contributed by atoms with Gasteiger partial charge in [-0.3, -0.25) is 4.79 Å². The fourth-order valence-electron chi connectivity index (χ4n) is 1.58. The minimum Gasteiger partial charge on any atom is -0.508 e. The van der Waals surface area contributed by atoms with Crippen molar-refractivity contribution in [2.75, 3.05) is 0 Å². The number of thiazole rings is 1. The van der Waals surface area contributed by atoms with E-state index in [-0.39, 0.29) is 23.0 Å². The third kappa shape index (κ3) is 3.45. The summed E-state index contributed by atoms with van der Waals surface area (Å²) in [5.41, 5.74) is 0.213. The fourth-order valence-corrected chi connectivity index (χ4v) is 2.38. The number of benzene rings is 1. The van der Waals surface area contributed by atoms with E-state index in [4.69, 9.17) is 0 Å². The lowest BCUT2D eigenvalue weighted by atomic mass is 10.2. The molecule has 0 radical (unpaired) electrons. The Hall–Kier alpha value is -2.08. The normalized spacial score (nSPS) is 10.4. The minimum atomic E-state index is -0.362. The van der Waals surface area contributed by atoms with Gasteiger partial charge in [-0.2, -0.15) is 0 Å². The van der Waals surface area contributed by atoms with Crippen LogP contribution < -0.4 is 5.32 Å². The zero-order valence-electron chi connectivity index (χ0n) is 10.4. The molecule has 0 saturated carbocycles. The molecule has 100 valence electrons. The average Bonchev–Trinajstić information content (AvgIpc) is 2.82. The summed E-state index contributed by atoms with van der Waals surface area (Å²) in [6, 6.07) is 3.77. The number of nitrogens with zero attached hydrogens (tertiary/aromatic N) is 1. The lowest BCUT2D eigenvalue weighted by Gasteiger charge is -2.04. The van der Waals surface area contributed by atoms with E-state index in [0.717, 1.165) is 11.4 Å². The van der Waals surface area contributed by atoms with Crippen molar-refractivity contribution in [2.24, 2.45) is 0 Å². The van der Waals surface area contributed by atoms with Crippen LogP contribution in [0.2, 0.25) is 0 Å². The van der Waals surface area contributed by atoms with Crippen LogP contribution in [0.4, 0.5) is 0 Å². The third-order valence-electron chi connectivity index (χ3n) is 2.51. The molecule has 2 aromatic rings. The minimum absolute atomic E-state index is 0.146. The fraction of sp³-hybridized carbons (Fsp3) is 0.231. The maximum atomic E-state index is 11.8. The number of aromatic nitrogens is 1. The van der Waals surface area contributed by atoms with Crippen molar-refractivity contribution >= 4 is 17.2 Å². The summed E-state index contributed by atoms with van der Waals surface area (Å²) in [4.78, 5) is 17.2. The van der Waals surface area contributed by atoms with Crippen LogP contribution in [0, 0.1) is 0 Å². The molecule has 1 aromatic heterocycles. The molecule has 0 aliphatic heterocycles. The summed E-state index contributed by atoms with van der Waals surface area (Å²) >= 11 is 1.55. The first-order chi connectivity index (χ1) is 9.08. The molecule has 19 heavy (non-hydrogen) atoms. The van der Waals surface area contributed by atoms with Crippen LogP contribution >= 0.6 is 11.3 Å². The zero-order valence-corrected chi connectivity index (χ0v) is 11.2. The molecule has 1 amide bonds. The molecular weight excluding hydrogens is 264 g/mol. The number of carbonyl (C=O) groups is 1. The first-order valence-corrected chi connectivity index (χ1v) is 6.65. The van der Waals surface area contributed by atoms with Gasteiger partial charge in [-0.05, 0) is 18.6 Å². The Morgan fingerprint density at radius 1 is 1.32 bits per heavy atom. The number of aryl methyl sites for hydroxylation is 1. The Kier molecular flexibility index (Phi) is 4.01. The monoisotopic (exact) mass is 278 g/mol. The standard InChI is InChI=1S/C13H14N2O3S/c1-2-11-6-14-12(19-11)7-15-13(18)8-3-9(16)5-10(17)4-8/h3-6,16-17H,2,7H2,1H3,(H,15,18). The lowest BCUT2D eigenvalue weighted by molar-refractivity contribution is 0.0950. The van der Waals surface area contributed by atoms with E-state index in [2.05, 4.69) is 10.3 Å². The largest absolute Gasteiger partial charge is 0.508 e. The Morgan fingerprint density at radius 3 is 2.58 bits per heavy atom. The van der Waals surface area contributed by atoms with E-state index in [0.29, 0.717) is 6.54 Å². The number of hydrogen-bond acceptors (Lipinski definition) is 5. The molecule has 1 heterocycles. The Bertz CT molecular complexity index is 575. The van der Waals surface area contributed by atoms with Crippen molar-refractivity contribution in [3.63, 3.8) is 0 Å². The summed E-state index contributed by atoms with van der Waals surface area (Å²) in [6.45, 7) is 2.38. The molecule has 0 spiro atoms. The molecule has 0 aliphatic carbocycles. The van der Waals surface area contributed by atoms with Gasteiger partial charge in [0, 0.05) is 22.7 Å². The van der Waals surface area contributed by atoms with E-state index in [9.17, 15) is 15.0 Å².